The predicted octanol–water partition coefficient (Wildman–Crippen LogP) is 4.11. The average molecular weight is 300 g/mol. The van der Waals surface area contributed by atoms with Crippen LogP contribution in [-0.2, 0) is 5.41 Å². The maximum absolute atomic E-state index is 6.03. The Bertz CT molecular complexity index is 675. The minimum Gasteiger partial charge on any atom is -0.457 e. The van der Waals surface area contributed by atoms with E-state index in [2.05, 4.69) is 38.7 Å². The Kier molecular flexibility index (Phi) is 4.28. The number of benzene rings is 1. The number of aromatic nitrogens is 1. The van der Waals surface area contributed by atoms with Gasteiger partial charge in [-0.25, -0.2) is 0 Å². The molecule has 2 rings (SSSR count). The first kappa shape index (κ1) is 15.4. The van der Waals surface area contributed by atoms with E-state index < -0.39 is 0 Å². The second-order valence-electron chi connectivity index (χ2n) is 6.09. The number of thiocarbonyl (C=S) groups is 1. The number of nitrogens with zero attached hydrogens (tertiary/aromatic N) is 1. The topological polar surface area (TPSA) is 48.1 Å². The third-order valence-electron chi connectivity index (χ3n) is 3.15. The zero-order valence-electron chi connectivity index (χ0n) is 12.8. The summed E-state index contributed by atoms with van der Waals surface area (Å²) in [6.07, 6.45) is 1.65. The minimum atomic E-state index is 0.000379. The van der Waals surface area contributed by atoms with Crippen LogP contribution in [0.4, 0.5) is 0 Å². The van der Waals surface area contributed by atoms with Crippen LogP contribution in [0.5, 0.6) is 11.5 Å². The second-order valence-corrected chi connectivity index (χ2v) is 6.53. The van der Waals surface area contributed by atoms with Gasteiger partial charge in [0.15, 0.2) is 0 Å². The van der Waals surface area contributed by atoms with Crippen molar-refractivity contribution in [2.75, 3.05) is 0 Å². The van der Waals surface area contributed by atoms with Gasteiger partial charge in [0, 0.05) is 17.8 Å². The van der Waals surface area contributed by atoms with E-state index in [1.807, 2.05) is 12.1 Å². The van der Waals surface area contributed by atoms with Crippen molar-refractivity contribution in [2.45, 2.75) is 33.1 Å². The van der Waals surface area contributed by atoms with Crippen molar-refractivity contribution >= 4 is 17.2 Å². The van der Waals surface area contributed by atoms with Gasteiger partial charge >= 0.3 is 0 Å². The standard InChI is InChI=1S/C17H20N2OS/c1-11-5-6-15(13(9-11)17(2,3)4)20-12-7-8-19-14(10-12)16(18)21/h5-10H,1-4H3,(H2,18,21). The fraction of sp³-hybridized carbons (Fsp3) is 0.294. The average Bonchev–Trinajstić information content (AvgIpc) is 2.40. The molecule has 0 fully saturated rings. The number of rotatable bonds is 3. The van der Waals surface area contributed by atoms with Crippen LogP contribution >= 0.6 is 12.2 Å². The molecular weight excluding hydrogens is 280 g/mol. The molecule has 1 aromatic heterocycles. The Morgan fingerprint density at radius 3 is 2.52 bits per heavy atom. The molecule has 0 unspecified atom stereocenters. The van der Waals surface area contributed by atoms with Crippen LogP contribution in [0.3, 0.4) is 0 Å². The lowest BCUT2D eigenvalue weighted by Crippen LogP contribution is -2.13. The number of ether oxygens (including phenoxy) is 1. The second kappa shape index (κ2) is 5.82. The van der Waals surface area contributed by atoms with Crippen LogP contribution in [0.15, 0.2) is 36.5 Å². The molecule has 0 aliphatic carbocycles. The molecule has 0 atom stereocenters. The zero-order valence-corrected chi connectivity index (χ0v) is 13.6. The lowest BCUT2D eigenvalue weighted by molar-refractivity contribution is 0.454. The first-order chi connectivity index (χ1) is 9.77. The van der Waals surface area contributed by atoms with Crippen LogP contribution in [0, 0.1) is 6.92 Å². The maximum Gasteiger partial charge on any atom is 0.131 e. The smallest absolute Gasteiger partial charge is 0.131 e. The largest absolute Gasteiger partial charge is 0.457 e. The van der Waals surface area contributed by atoms with Crippen LogP contribution < -0.4 is 10.5 Å². The van der Waals surface area contributed by atoms with Gasteiger partial charge in [-0.3, -0.25) is 4.98 Å². The SMILES string of the molecule is Cc1ccc(Oc2ccnc(C(N)=S)c2)c(C(C)(C)C)c1. The number of aryl methyl sites for hydroxylation is 1. The van der Waals surface area contributed by atoms with Crippen molar-refractivity contribution in [1.82, 2.24) is 4.98 Å². The van der Waals surface area contributed by atoms with Crippen molar-refractivity contribution in [2.24, 2.45) is 5.73 Å². The first-order valence-electron chi connectivity index (χ1n) is 6.82. The molecule has 0 bridgehead atoms. The quantitative estimate of drug-likeness (QED) is 0.866. The van der Waals surface area contributed by atoms with Crippen molar-refractivity contribution in [3.63, 3.8) is 0 Å². The van der Waals surface area contributed by atoms with Crippen molar-refractivity contribution < 1.29 is 4.74 Å². The van der Waals surface area contributed by atoms with E-state index in [0.29, 0.717) is 11.4 Å². The number of nitrogens with two attached hydrogens (primary N) is 1. The Labute approximate surface area is 131 Å². The highest BCUT2D eigenvalue weighted by Crippen LogP contribution is 2.34. The van der Waals surface area contributed by atoms with E-state index in [0.717, 1.165) is 11.3 Å². The summed E-state index contributed by atoms with van der Waals surface area (Å²) in [5.74, 6) is 1.52. The normalized spacial score (nSPS) is 11.2. The minimum absolute atomic E-state index is 0.000379. The van der Waals surface area contributed by atoms with Gasteiger partial charge in [-0.1, -0.05) is 50.7 Å². The van der Waals surface area contributed by atoms with Gasteiger partial charge in [0.2, 0.25) is 0 Å². The van der Waals surface area contributed by atoms with Gasteiger partial charge in [0.25, 0.3) is 0 Å². The molecule has 2 aromatic rings. The van der Waals surface area contributed by atoms with Crippen LogP contribution in [0.1, 0.15) is 37.6 Å². The summed E-state index contributed by atoms with van der Waals surface area (Å²) in [6, 6.07) is 9.75. The monoisotopic (exact) mass is 300 g/mol. The highest BCUT2D eigenvalue weighted by molar-refractivity contribution is 7.80. The van der Waals surface area contributed by atoms with Crippen molar-refractivity contribution in [3.05, 3.63) is 53.3 Å². The van der Waals surface area contributed by atoms with E-state index in [9.17, 15) is 0 Å². The molecule has 0 aliphatic heterocycles. The van der Waals surface area contributed by atoms with Gasteiger partial charge in [0.05, 0.1) is 0 Å². The molecule has 21 heavy (non-hydrogen) atoms. The molecule has 1 heterocycles. The van der Waals surface area contributed by atoms with Crippen LogP contribution in [0.25, 0.3) is 0 Å². The van der Waals surface area contributed by atoms with Gasteiger partial charge < -0.3 is 10.5 Å². The van der Waals surface area contributed by atoms with Crippen molar-refractivity contribution in [3.8, 4) is 11.5 Å². The molecule has 1 aromatic carbocycles. The van der Waals surface area contributed by atoms with E-state index in [4.69, 9.17) is 22.7 Å². The Morgan fingerprint density at radius 1 is 1.19 bits per heavy atom. The molecule has 0 aliphatic rings. The fourth-order valence-electron chi connectivity index (χ4n) is 2.06. The first-order valence-corrected chi connectivity index (χ1v) is 7.23. The summed E-state index contributed by atoms with van der Waals surface area (Å²) >= 11 is 4.95. The summed E-state index contributed by atoms with van der Waals surface area (Å²) in [6.45, 7) is 8.58. The van der Waals surface area contributed by atoms with E-state index >= 15 is 0 Å². The molecule has 3 nitrogen and oxygen atoms in total. The summed E-state index contributed by atoms with van der Waals surface area (Å²) < 4.78 is 6.03. The highest BCUT2D eigenvalue weighted by Gasteiger charge is 2.19. The summed E-state index contributed by atoms with van der Waals surface area (Å²) in [7, 11) is 0. The molecule has 0 radical (unpaired) electrons. The van der Waals surface area contributed by atoms with Gasteiger partial charge in [-0.05, 0) is 24.5 Å². The molecular formula is C17H20N2OS. The molecule has 0 amide bonds. The molecule has 2 N–H and O–H groups in total. The third kappa shape index (κ3) is 3.79. The predicted molar refractivity (Wildman–Crippen MR) is 90.1 cm³/mol. The Morgan fingerprint density at radius 2 is 1.90 bits per heavy atom. The molecule has 0 saturated heterocycles. The van der Waals surface area contributed by atoms with Crippen molar-refractivity contribution in [1.29, 1.82) is 0 Å². The lowest BCUT2D eigenvalue weighted by Gasteiger charge is -2.23. The fourth-order valence-corrected chi connectivity index (χ4v) is 2.17. The highest BCUT2D eigenvalue weighted by atomic mass is 32.1. The summed E-state index contributed by atoms with van der Waals surface area (Å²) in [5, 5.41) is 0. The Balaban J connectivity index is 2.40. The van der Waals surface area contributed by atoms with E-state index in [1.54, 1.807) is 18.3 Å². The van der Waals surface area contributed by atoms with E-state index in [1.165, 1.54) is 5.56 Å². The maximum atomic E-state index is 6.03. The van der Waals surface area contributed by atoms with E-state index in [-0.39, 0.29) is 10.4 Å². The molecule has 4 heteroatoms. The number of hydrogen-bond acceptors (Lipinski definition) is 3. The van der Waals surface area contributed by atoms with Gasteiger partial charge in [0.1, 0.15) is 22.2 Å². The number of hydrogen-bond donors (Lipinski definition) is 1. The summed E-state index contributed by atoms with van der Waals surface area (Å²) in [4.78, 5) is 4.38. The van der Waals surface area contributed by atoms with Gasteiger partial charge in [-0.15, -0.1) is 0 Å². The molecule has 0 saturated carbocycles. The number of pyridine rings is 1. The third-order valence-corrected chi connectivity index (χ3v) is 3.36. The zero-order chi connectivity index (χ0) is 15.6. The summed E-state index contributed by atoms with van der Waals surface area (Å²) in [5.41, 5.74) is 8.55. The Hall–Kier alpha value is -1.94. The van der Waals surface area contributed by atoms with Gasteiger partial charge in [-0.2, -0.15) is 0 Å². The lowest BCUT2D eigenvalue weighted by atomic mass is 9.85. The van der Waals surface area contributed by atoms with Crippen LogP contribution in [-0.4, -0.2) is 9.97 Å². The molecule has 110 valence electrons. The van der Waals surface area contributed by atoms with Crippen LogP contribution in [0.2, 0.25) is 0 Å². The molecule has 0 spiro atoms.